The van der Waals surface area contributed by atoms with Gasteiger partial charge in [-0.05, 0) is 63.9 Å². The maximum Gasteiger partial charge on any atom is 0.128 e. The lowest BCUT2D eigenvalue weighted by Gasteiger charge is -2.38. The van der Waals surface area contributed by atoms with E-state index in [1.165, 1.54) is 12.8 Å². The molecule has 1 aromatic rings. The van der Waals surface area contributed by atoms with Gasteiger partial charge in [0.25, 0.3) is 0 Å². The number of likely N-dealkylation sites (tertiary alicyclic amines) is 1. The number of nitrogens with two attached hydrogens (primary N) is 1. The van der Waals surface area contributed by atoms with E-state index in [0.29, 0.717) is 18.5 Å². The lowest BCUT2D eigenvalue weighted by atomic mass is 9.88. The van der Waals surface area contributed by atoms with Crippen LogP contribution in [0.15, 0.2) is 22.7 Å². The Morgan fingerprint density at radius 2 is 2.15 bits per heavy atom. The van der Waals surface area contributed by atoms with Crippen LogP contribution in [0.1, 0.15) is 44.7 Å². The predicted octanol–water partition coefficient (Wildman–Crippen LogP) is 4.10. The topological polar surface area (TPSA) is 29.3 Å². The van der Waals surface area contributed by atoms with Crippen LogP contribution in [-0.4, -0.2) is 24.0 Å². The number of benzene rings is 1. The quantitative estimate of drug-likeness (QED) is 0.895. The minimum Gasteiger partial charge on any atom is -0.330 e. The first-order valence-corrected chi connectivity index (χ1v) is 8.24. The molecule has 0 saturated carbocycles. The van der Waals surface area contributed by atoms with Crippen LogP contribution < -0.4 is 5.73 Å². The van der Waals surface area contributed by atoms with E-state index in [1.54, 1.807) is 12.1 Å². The second-order valence-electron chi connectivity index (χ2n) is 5.93. The maximum absolute atomic E-state index is 14.3. The van der Waals surface area contributed by atoms with Gasteiger partial charge in [-0.2, -0.15) is 0 Å². The summed E-state index contributed by atoms with van der Waals surface area (Å²) in [6.45, 7) is 5.99. The Morgan fingerprint density at radius 3 is 2.80 bits per heavy atom. The van der Waals surface area contributed by atoms with Gasteiger partial charge in [-0.3, -0.25) is 4.90 Å². The van der Waals surface area contributed by atoms with Gasteiger partial charge in [0, 0.05) is 22.1 Å². The monoisotopic (exact) mass is 342 g/mol. The molecule has 1 fully saturated rings. The first-order chi connectivity index (χ1) is 9.54. The molecule has 0 spiro atoms. The molecular weight excluding hydrogens is 319 g/mol. The summed E-state index contributed by atoms with van der Waals surface area (Å²) >= 11 is 3.46. The van der Waals surface area contributed by atoms with Crippen LogP contribution in [0.5, 0.6) is 0 Å². The van der Waals surface area contributed by atoms with Crippen molar-refractivity contribution in [1.29, 1.82) is 0 Å². The summed E-state index contributed by atoms with van der Waals surface area (Å²) in [5.74, 6) is 0.202. The zero-order valence-electron chi connectivity index (χ0n) is 12.3. The summed E-state index contributed by atoms with van der Waals surface area (Å²) in [6.07, 6.45) is 3.42. The van der Waals surface area contributed by atoms with Crippen molar-refractivity contribution < 1.29 is 4.39 Å². The molecule has 4 heteroatoms. The molecule has 2 unspecified atom stereocenters. The molecule has 1 saturated heterocycles. The van der Waals surface area contributed by atoms with Gasteiger partial charge in [-0.25, -0.2) is 4.39 Å². The van der Waals surface area contributed by atoms with Crippen molar-refractivity contribution >= 4 is 15.9 Å². The summed E-state index contributed by atoms with van der Waals surface area (Å²) < 4.78 is 15.3. The number of rotatable bonds is 3. The van der Waals surface area contributed by atoms with Gasteiger partial charge < -0.3 is 5.73 Å². The fourth-order valence-corrected chi connectivity index (χ4v) is 3.65. The van der Waals surface area contributed by atoms with Gasteiger partial charge in [-0.1, -0.05) is 22.4 Å². The Kier molecular flexibility index (Phi) is 5.58. The number of hydrogen-bond donors (Lipinski definition) is 1. The van der Waals surface area contributed by atoms with Crippen LogP contribution in [0.3, 0.4) is 0 Å². The molecular formula is C16H24BrFN2. The summed E-state index contributed by atoms with van der Waals surface area (Å²) in [5.41, 5.74) is 6.77. The molecule has 2 N–H and O–H groups in total. The van der Waals surface area contributed by atoms with Gasteiger partial charge in [0.15, 0.2) is 0 Å². The molecule has 0 amide bonds. The van der Waals surface area contributed by atoms with E-state index in [2.05, 4.69) is 34.7 Å². The zero-order chi connectivity index (χ0) is 14.7. The van der Waals surface area contributed by atoms with Crippen LogP contribution in [-0.2, 0) is 0 Å². The van der Waals surface area contributed by atoms with Crippen molar-refractivity contribution in [2.45, 2.75) is 45.2 Å². The van der Waals surface area contributed by atoms with Gasteiger partial charge in [-0.15, -0.1) is 0 Å². The van der Waals surface area contributed by atoms with Crippen LogP contribution in [0.4, 0.5) is 4.39 Å². The molecule has 1 aromatic carbocycles. The van der Waals surface area contributed by atoms with Crippen LogP contribution in [0.2, 0.25) is 0 Å². The highest BCUT2D eigenvalue weighted by atomic mass is 79.9. The van der Waals surface area contributed by atoms with Gasteiger partial charge in [0.1, 0.15) is 5.82 Å². The Morgan fingerprint density at radius 1 is 1.40 bits per heavy atom. The van der Waals surface area contributed by atoms with E-state index in [4.69, 9.17) is 5.73 Å². The number of nitrogens with zero attached hydrogens (tertiary/aromatic N) is 1. The Labute approximate surface area is 129 Å². The molecule has 0 bridgehead atoms. The summed E-state index contributed by atoms with van der Waals surface area (Å²) in [7, 11) is 0. The third-order valence-corrected chi connectivity index (χ3v) is 4.78. The Balaban J connectivity index is 2.45. The molecule has 2 atom stereocenters. The van der Waals surface area contributed by atoms with Crippen molar-refractivity contribution in [3.8, 4) is 0 Å². The van der Waals surface area contributed by atoms with Gasteiger partial charge >= 0.3 is 0 Å². The summed E-state index contributed by atoms with van der Waals surface area (Å²) in [5, 5.41) is 0. The highest BCUT2D eigenvalue weighted by Gasteiger charge is 2.33. The van der Waals surface area contributed by atoms with Gasteiger partial charge in [0.05, 0.1) is 0 Å². The molecule has 1 aliphatic rings. The number of halogens is 2. The van der Waals surface area contributed by atoms with E-state index in [1.807, 2.05) is 6.07 Å². The lowest BCUT2D eigenvalue weighted by Crippen LogP contribution is -2.40. The smallest absolute Gasteiger partial charge is 0.128 e. The zero-order valence-corrected chi connectivity index (χ0v) is 13.9. The molecule has 0 aliphatic carbocycles. The molecule has 2 rings (SSSR count). The standard InChI is InChI=1S/C16H24BrFN2/c1-11(2)20-8-4-3-5-12(10-19)16(20)14-9-13(17)6-7-15(14)18/h6-7,9,11-12,16H,3-5,8,10,19H2,1-2H3. The minimum absolute atomic E-state index is 0.0833. The van der Waals surface area contributed by atoms with E-state index in [0.717, 1.165) is 23.0 Å². The van der Waals surface area contributed by atoms with E-state index >= 15 is 0 Å². The third kappa shape index (κ3) is 3.41. The minimum atomic E-state index is -0.121. The van der Waals surface area contributed by atoms with Crippen molar-refractivity contribution in [1.82, 2.24) is 4.90 Å². The number of hydrogen-bond acceptors (Lipinski definition) is 2. The Bertz CT molecular complexity index is 450. The fraction of sp³-hybridized carbons (Fsp3) is 0.625. The van der Waals surface area contributed by atoms with E-state index in [9.17, 15) is 4.39 Å². The largest absolute Gasteiger partial charge is 0.330 e. The van der Waals surface area contributed by atoms with Crippen molar-refractivity contribution in [3.05, 3.63) is 34.1 Å². The second-order valence-corrected chi connectivity index (χ2v) is 6.85. The molecule has 1 heterocycles. The average Bonchev–Trinajstić information content (AvgIpc) is 2.63. The Hall–Kier alpha value is -0.450. The fourth-order valence-electron chi connectivity index (χ4n) is 3.27. The van der Waals surface area contributed by atoms with Gasteiger partial charge in [0.2, 0.25) is 0 Å². The normalized spacial score (nSPS) is 24.9. The van der Waals surface area contributed by atoms with Crippen molar-refractivity contribution in [2.24, 2.45) is 11.7 Å². The third-order valence-electron chi connectivity index (χ3n) is 4.29. The summed E-state index contributed by atoms with van der Waals surface area (Å²) in [4.78, 5) is 2.41. The molecule has 2 nitrogen and oxygen atoms in total. The molecule has 0 radical (unpaired) electrons. The van der Waals surface area contributed by atoms with Crippen LogP contribution in [0, 0.1) is 11.7 Å². The van der Waals surface area contributed by atoms with Crippen LogP contribution in [0.25, 0.3) is 0 Å². The molecule has 20 heavy (non-hydrogen) atoms. The molecule has 1 aliphatic heterocycles. The van der Waals surface area contributed by atoms with E-state index in [-0.39, 0.29) is 11.9 Å². The predicted molar refractivity (Wildman–Crippen MR) is 85.1 cm³/mol. The molecule has 0 aromatic heterocycles. The highest BCUT2D eigenvalue weighted by Crippen LogP contribution is 2.38. The first kappa shape index (κ1) is 15.9. The first-order valence-electron chi connectivity index (χ1n) is 7.45. The SMILES string of the molecule is CC(C)N1CCCCC(CN)C1c1cc(Br)ccc1F. The van der Waals surface area contributed by atoms with Crippen LogP contribution >= 0.6 is 15.9 Å². The van der Waals surface area contributed by atoms with Crippen molar-refractivity contribution in [3.63, 3.8) is 0 Å². The second kappa shape index (κ2) is 7.01. The molecule has 112 valence electrons. The van der Waals surface area contributed by atoms with E-state index < -0.39 is 0 Å². The summed E-state index contributed by atoms with van der Waals surface area (Å²) in [6, 6.07) is 5.71. The lowest BCUT2D eigenvalue weighted by molar-refractivity contribution is 0.118. The average molecular weight is 343 g/mol. The maximum atomic E-state index is 14.3. The van der Waals surface area contributed by atoms with Crippen molar-refractivity contribution in [2.75, 3.05) is 13.1 Å². The highest BCUT2D eigenvalue weighted by molar-refractivity contribution is 9.10.